The number of hydrogen-bond donors (Lipinski definition) is 1. The molecule has 1 aromatic heterocycles. The third-order valence-electron chi connectivity index (χ3n) is 2.89. The molecule has 0 atom stereocenters. The second-order valence-corrected chi connectivity index (χ2v) is 4.24. The maximum Gasteiger partial charge on any atom is 0.373 e. The lowest BCUT2D eigenvalue weighted by atomic mass is 10.1. The summed E-state index contributed by atoms with van der Waals surface area (Å²) in [5, 5.41) is 9.80. The van der Waals surface area contributed by atoms with Gasteiger partial charge in [0.25, 0.3) is 0 Å². The highest BCUT2D eigenvalue weighted by molar-refractivity contribution is 5.99. The maximum atomic E-state index is 12.1. The summed E-state index contributed by atoms with van der Waals surface area (Å²) in [6.07, 6.45) is -0.0725. The molecule has 1 N–H and O–H groups in total. The number of phenols is 1. The molecule has 21 heavy (non-hydrogen) atoms. The molecule has 0 spiro atoms. The lowest BCUT2D eigenvalue weighted by molar-refractivity contribution is 0.0562. The molecule has 2 aromatic rings. The molecule has 0 unspecified atom stereocenters. The zero-order valence-electron chi connectivity index (χ0n) is 11.6. The van der Waals surface area contributed by atoms with E-state index in [-0.39, 0.29) is 29.3 Å². The molecule has 2 rings (SSSR count). The number of furan rings is 1. The lowest BCUT2D eigenvalue weighted by Crippen LogP contribution is -2.03. The predicted molar refractivity (Wildman–Crippen MR) is 72.7 cm³/mol. The van der Waals surface area contributed by atoms with Crippen LogP contribution in [0.1, 0.15) is 26.7 Å². The Morgan fingerprint density at radius 2 is 1.95 bits per heavy atom. The van der Waals surface area contributed by atoms with Crippen molar-refractivity contribution in [2.75, 3.05) is 14.2 Å². The van der Waals surface area contributed by atoms with Crippen LogP contribution < -0.4 is 4.74 Å². The largest absolute Gasteiger partial charge is 0.507 e. The summed E-state index contributed by atoms with van der Waals surface area (Å²) in [5.41, 5.74) is 0.159. The quantitative estimate of drug-likeness (QED) is 0.671. The van der Waals surface area contributed by atoms with Gasteiger partial charge in [0, 0.05) is 6.07 Å². The van der Waals surface area contributed by atoms with Gasteiger partial charge < -0.3 is 19.0 Å². The SMILES string of the molecule is COC(=O)c1ccc(CC(=O)c2ccc(OC)cc2O)o1. The number of benzene rings is 1. The highest BCUT2D eigenvalue weighted by Crippen LogP contribution is 2.25. The molecule has 0 radical (unpaired) electrons. The number of ketones is 1. The Morgan fingerprint density at radius 3 is 2.57 bits per heavy atom. The van der Waals surface area contributed by atoms with Gasteiger partial charge in [-0.15, -0.1) is 0 Å². The molecule has 0 bridgehead atoms. The number of carbonyl (C=O) groups excluding carboxylic acids is 2. The topological polar surface area (TPSA) is 86.0 Å². The van der Waals surface area contributed by atoms with Gasteiger partial charge in [0.05, 0.1) is 26.2 Å². The predicted octanol–water partition coefficient (Wildman–Crippen LogP) is 2.21. The monoisotopic (exact) mass is 290 g/mol. The molecule has 6 heteroatoms. The Labute approximate surface area is 120 Å². The Kier molecular flexibility index (Phi) is 4.27. The number of rotatable bonds is 5. The average Bonchev–Trinajstić information content (AvgIpc) is 2.94. The molecule has 0 saturated carbocycles. The zero-order chi connectivity index (χ0) is 15.4. The van der Waals surface area contributed by atoms with E-state index in [4.69, 9.17) is 9.15 Å². The van der Waals surface area contributed by atoms with E-state index in [0.29, 0.717) is 11.5 Å². The van der Waals surface area contributed by atoms with Crippen LogP contribution in [0, 0.1) is 0 Å². The van der Waals surface area contributed by atoms with E-state index in [2.05, 4.69) is 4.74 Å². The van der Waals surface area contributed by atoms with Gasteiger partial charge in [0.1, 0.15) is 17.3 Å². The van der Waals surface area contributed by atoms with Gasteiger partial charge in [0.2, 0.25) is 5.76 Å². The average molecular weight is 290 g/mol. The summed E-state index contributed by atoms with van der Waals surface area (Å²) in [7, 11) is 2.71. The zero-order valence-corrected chi connectivity index (χ0v) is 11.6. The second kappa shape index (κ2) is 6.13. The van der Waals surface area contributed by atoms with Crippen LogP contribution >= 0.6 is 0 Å². The minimum absolute atomic E-state index is 0.0271. The molecule has 0 aliphatic rings. The lowest BCUT2D eigenvalue weighted by Gasteiger charge is -2.05. The fourth-order valence-electron chi connectivity index (χ4n) is 1.81. The molecular formula is C15H14O6. The van der Waals surface area contributed by atoms with Crippen molar-refractivity contribution in [3.63, 3.8) is 0 Å². The van der Waals surface area contributed by atoms with E-state index in [0.717, 1.165) is 0 Å². The van der Waals surface area contributed by atoms with Gasteiger partial charge in [-0.2, -0.15) is 0 Å². The standard InChI is InChI=1S/C15H14O6/c1-19-9-3-5-11(12(16)7-9)13(17)8-10-4-6-14(21-10)15(18)20-2/h3-7,16H,8H2,1-2H3. The van der Waals surface area contributed by atoms with E-state index in [9.17, 15) is 14.7 Å². The number of hydrogen-bond acceptors (Lipinski definition) is 6. The van der Waals surface area contributed by atoms with Crippen LogP contribution in [-0.4, -0.2) is 31.1 Å². The van der Waals surface area contributed by atoms with Crippen molar-refractivity contribution in [3.05, 3.63) is 47.4 Å². The first-order valence-corrected chi connectivity index (χ1v) is 6.12. The first kappa shape index (κ1) is 14.6. The molecule has 0 aliphatic heterocycles. The fraction of sp³-hybridized carbons (Fsp3) is 0.200. The number of aromatic hydroxyl groups is 1. The number of carbonyl (C=O) groups is 2. The van der Waals surface area contributed by atoms with Crippen LogP contribution in [0.4, 0.5) is 0 Å². The second-order valence-electron chi connectivity index (χ2n) is 4.24. The van der Waals surface area contributed by atoms with Crippen molar-refractivity contribution in [1.29, 1.82) is 0 Å². The third kappa shape index (κ3) is 3.22. The van der Waals surface area contributed by atoms with E-state index >= 15 is 0 Å². The summed E-state index contributed by atoms with van der Waals surface area (Å²) in [4.78, 5) is 23.4. The number of phenolic OH excluding ortho intramolecular Hbond substituents is 1. The van der Waals surface area contributed by atoms with Crippen molar-refractivity contribution >= 4 is 11.8 Å². The van der Waals surface area contributed by atoms with Gasteiger partial charge in [-0.25, -0.2) is 4.79 Å². The Balaban J connectivity index is 2.14. The smallest absolute Gasteiger partial charge is 0.373 e. The van der Waals surface area contributed by atoms with Crippen molar-refractivity contribution in [1.82, 2.24) is 0 Å². The van der Waals surface area contributed by atoms with Gasteiger partial charge in [0.15, 0.2) is 5.78 Å². The summed E-state index contributed by atoms with van der Waals surface area (Å²) < 4.78 is 14.7. The molecule has 1 heterocycles. The van der Waals surface area contributed by atoms with Gasteiger partial charge >= 0.3 is 5.97 Å². The van der Waals surface area contributed by atoms with Crippen molar-refractivity contribution in [2.24, 2.45) is 0 Å². The molecule has 0 fully saturated rings. The molecule has 6 nitrogen and oxygen atoms in total. The first-order chi connectivity index (χ1) is 10.0. The third-order valence-corrected chi connectivity index (χ3v) is 2.89. The van der Waals surface area contributed by atoms with Gasteiger partial charge in [-0.05, 0) is 24.3 Å². The normalized spacial score (nSPS) is 10.2. The van der Waals surface area contributed by atoms with Crippen LogP contribution in [0.2, 0.25) is 0 Å². The molecule has 0 amide bonds. The molecule has 0 aliphatic carbocycles. The van der Waals surface area contributed by atoms with Crippen LogP contribution in [0.25, 0.3) is 0 Å². The van der Waals surface area contributed by atoms with Crippen LogP contribution in [0.3, 0.4) is 0 Å². The van der Waals surface area contributed by atoms with E-state index in [1.165, 1.54) is 38.5 Å². The number of ether oxygens (including phenoxy) is 2. The van der Waals surface area contributed by atoms with E-state index in [1.54, 1.807) is 6.07 Å². The van der Waals surface area contributed by atoms with Crippen LogP contribution in [0.5, 0.6) is 11.5 Å². The molecular weight excluding hydrogens is 276 g/mol. The van der Waals surface area contributed by atoms with E-state index in [1.807, 2.05) is 0 Å². The number of Topliss-reactive ketones (excluding diaryl/α,β-unsaturated/α-hetero) is 1. The van der Waals surface area contributed by atoms with E-state index < -0.39 is 5.97 Å². The van der Waals surface area contributed by atoms with Gasteiger partial charge in [-0.1, -0.05) is 0 Å². The highest BCUT2D eigenvalue weighted by atomic mass is 16.5. The summed E-state index contributed by atoms with van der Waals surface area (Å²) in [6.45, 7) is 0. The summed E-state index contributed by atoms with van der Waals surface area (Å²) in [6, 6.07) is 7.36. The number of esters is 1. The summed E-state index contributed by atoms with van der Waals surface area (Å²) >= 11 is 0. The Hall–Kier alpha value is -2.76. The Morgan fingerprint density at radius 1 is 1.19 bits per heavy atom. The van der Waals surface area contributed by atoms with Crippen molar-refractivity contribution < 1.29 is 28.6 Å². The van der Waals surface area contributed by atoms with Crippen LogP contribution in [-0.2, 0) is 11.2 Å². The van der Waals surface area contributed by atoms with Crippen molar-refractivity contribution in [2.45, 2.75) is 6.42 Å². The first-order valence-electron chi connectivity index (χ1n) is 6.12. The minimum Gasteiger partial charge on any atom is -0.507 e. The van der Waals surface area contributed by atoms with Crippen LogP contribution in [0.15, 0.2) is 34.7 Å². The minimum atomic E-state index is -0.610. The fourth-order valence-corrected chi connectivity index (χ4v) is 1.81. The summed E-state index contributed by atoms with van der Waals surface area (Å²) in [5.74, 6) is -0.314. The van der Waals surface area contributed by atoms with Crippen molar-refractivity contribution in [3.8, 4) is 11.5 Å². The number of methoxy groups -OCH3 is 2. The molecule has 1 aromatic carbocycles. The Bertz CT molecular complexity index is 671. The highest BCUT2D eigenvalue weighted by Gasteiger charge is 2.17. The maximum absolute atomic E-state index is 12.1. The molecule has 0 saturated heterocycles. The molecule has 110 valence electrons. The van der Waals surface area contributed by atoms with Gasteiger partial charge in [-0.3, -0.25) is 4.79 Å².